The first-order valence-electron chi connectivity index (χ1n) is 11.9. The van der Waals surface area contributed by atoms with Crippen molar-refractivity contribution in [2.75, 3.05) is 38.4 Å². The third-order valence-corrected chi connectivity index (χ3v) is 6.76. The van der Waals surface area contributed by atoms with Crippen LogP contribution in [0.4, 0.5) is 11.5 Å². The Labute approximate surface area is 220 Å². The van der Waals surface area contributed by atoms with Crippen molar-refractivity contribution in [2.24, 2.45) is 0 Å². The topological polar surface area (TPSA) is 102 Å². The third kappa shape index (κ3) is 5.14. The van der Waals surface area contributed by atoms with Gasteiger partial charge < -0.3 is 15.4 Å². The summed E-state index contributed by atoms with van der Waals surface area (Å²) in [6, 6.07) is 13.5. The van der Waals surface area contributed by atoms with Crippen LogP contribution in [0.3, 0.4) is 0 Å². The largest absolute Gasteiger partial charge is 0.497 e. The van der Waals surface area contributed by atoms with Gasteiger partial charge in [-0.2, -0.15) is 5.10 Å². The number of fused-ring (bicyclic) bond motifs is 1. The first-order valence-corrected chi connectivity index (χ1v) is 12.3. The maximum atomic E-state index is 12.9. The molecule has 190 valence electrons. The van der Waals surface area contributed by atoms with Gasteiger partial charge in [-0.15, -0.1) is 0 Å². The summed E-state index contributed by atoms with van der Waals surface area (Å²) >= 11 is 6.09. The molecule has 0 saturated heterocycles. The Kier molecular flexibility index (Phi) is 6.82. The summed E-state index contributed by atoms with van der Waals surface area (Å²) in [6.07, 6.45) is 7.36. The Morgan fingerprint density at radius 3 is 2.65 bits per heavy atom. The first kappa shape index (κ1) is 24.7. The molecule has 2 aromatic carbocycles. The fraction of sp³-hybridized carbons (Fsp3) is 0.259. The van der Waals surface area contributed by atoms with Crippen molar-refractivity contribution in [1.82, 2.24) is 24.6 Å². The summed E-state index contributed by atoms with van der Waals surface area (Å²) < 4.78 is 7.24. The molecular weight excluding hydrogens is 490 g/mol. The number of likely N-dealkylation sites (N-methyl/N-ethyl adjacent to an activating group) is 2. The van der Waals surface area contributed by atoms with Gasteiger partial charge in [-0.05, 0) is 38.1 Å². The van der Waals surface area contributed by atoms with Gasteiger partial charge in [0.2, 0.25) is 5.91 Å². The first-order chi connectivity index (χ1) is 17.9. The van der Waals surface area contributed by atoms with Crippen molar-refractivity contribution in [3.05, 3.63) is 66.0 Å². The minimum absolute atomic E-state index is 0.137. The maximum absolute atomic E-state index is 12.9. The number of rotatable bonds is 8. The molecule has 2 aromatic heterocycles. The van der Waals surface area contributed by atoms with Gasteiger partial charge in [0.1, 0.15) is 23.6 Å². The lowest BCUT2D eigenvalue weighted by Crippen LogP contribution is -2.25. The van der Waals surface area contributed by atoms with E-state index in [0.717, 1.165) is 12.1 Å². The Hall–Kier alpha value is -3.95. The van der Waals surface area contributed by atoms with Crippen LogP contribution in [0.25, 0.3) is 28.0 Å². The Morgan fingerprint density at radius 1 is 1.19 bits per heavy atom. The van der Waals surface area contributed by atoms with E-state index in [1.165, 1.54) is 19.2 Å². The van der Waals surface area contributed by atoms with E-state index < -0.39 is 0 Å². The summed E-state index contributed by atoms with van der Waals surface area (Å²) in [7, 11) is 5.39. The molecule has 0 bridgehead atoms. The van der Waals surface area contributed by atoms with Crippen molar-refractivity contribution in [1.29, 1.82) is 0 Å². The van der Waals surface area contributed by atoms with Gasteiger partial charge in [0.25, 0.3) is 0 Å². The standard InChI is InChI=1S/C27H28ClN7O2/c1-33(19-10-11-19)12-4-5-23(36)34(2)20-13-21(15-22(14-20)37-3)35-27-24(26(29)30-16-31-27)25(32-35)17-6-8-18(28)9-7-17/h4-9,13-16,19H,10-12H2,1-3H3,(H2,29,30,31)/b5-4+. The van der Waals surface area contributed by atoms with Crippen LogP contribution in [-0.4, -0.2) is 64.3 Å². The lowest BCUT2D eigenvalue weighted by Gasteiger charge is -2.18. The zero-order valence-electron chi connectivity index (χ0n) is 20.9. The molecular formula is C27H28ClN7O2. The van der Waals surface area contributed by atoms with Crippen molar-refractivity contribution < 1.29 is 9.53 Å². The molecule has 0 radical (unpaired) electrons. The predicted octanol–water partition coefficient (Wildman–Crippen LogP) is 4.34. The molecule has 2 heterocycles. The molecule has 1 saturated carbocycles. The second-order valence-corrected chi connectivity index (χ2v) is 9.52. The second-order valence-electron chi connectivity index (χ2n) is 9.08. The molecule has 1 amide bonds. The number of nitrogens with zero attached hydrogens (tertiary/aromatic N) is 6. The van der Waals surface area contributed by atoms with Crippen LogP contribution in [0.1, 0.15) is 12.8 Å². The monoisotopic (exact) mass is 517 g/mol. The van der Waals surface area contributed by atoms with E-state index >= 15 is 0 Å². The van der Waals surface area contributed by atoms with Gasteiger partial charge in [-0.25, -0.2) is 14.6 Å². The molecule has 1 aliphatic rings. The van der Waals surface area contributed by atoms with Crippen molar-refractivity contribution in [3.8, 4) is 22.7 Å². The molecule has 1 aliphatic carbocycles. The molecule has 0 spiro atoms. The number of ether oxygens (including phenoxy) is 1. The molecule has 9 nitrogen and oxygen atoms in total. The molecule has 10 heteroatoms. The number of nitrogen functional groups attached to an aromatic ring is 1. The minimum atomic E-state index is -0.137. The van der Waals surface area contributed by atoms with E-state index in [2.05, 4.69) is 21.9 Å². The number of carbonyl (C=O) groups excluding carboxylic acids is 1. The molecule has 5 rings (SSSR count). The number of aromatic nitrogens is 4. The van der Waals surface area contributed by atoms with Gasteiger partial charge in [0, 0.05) is 54.1 Å². The van der Waals surface area contributed by atoms with Gasteiger partial charge in [0.05, 0.1) is 18.2 Å². The lowest BCUT2D eigenvalue weighted by molar-refractivity contribution is -0.113. The normalized spacial score (nSPS) is 13.5. The third-order valence-electron chi connectivity index (χ3n) is 6.51. The Bertz CT molecular complexity index is 1480. The summed E-state index contributed by atoms with van der Waals surface area (Å²) in [5.74, 6) is 0.753. The lowest BCUT2D eigenvalue weighted by atomic mass is 10.1. The van der Waals surface area contributed by atoms with Crippen molar-refractivity contribution in [3.63, 3.8) is 0 Å². The van der Waals surface area contributed by atoms with E-state index in [4.69, 9.17) is 27.2 Å². The highest BCUT2D eigenvalue weighted by Gasteiger charge is 2.25. The van der Waals surface area contributed by atoms with E-state index in [1.807, 2.05) is 30.3 Å². The highest BCUT2D eigenvalue weighted by molar-refractivity contribution is 6.30. The SMILES string of the molecule is COc1cc(N(C)C(=O)/C=C/CN(C)C2CC2)cc(-n2nc(-c3ccc(Cl)cc3)c3c(N)ncnc32)c1. The van der Waals surface area contributed by atoms with Gasteiger partial charge >= 0.3 is 0 Å². The van der Waals surface area contributed by atoms with Gasteiger partial charge in [-0.3, -0.25) is 9.69 Å². The highest BCUT2D eigenvalue weighted by atomic mass is 35.5. The number of hydrogen-bond donors (Lipinski definition) is 1. The van der Waals surface area contributed by atoms with Crippen LogP contribution in [0.2, 0.25) is 5.02 Å². The number of nitrogens with two attached hydrogens (primary N) is 1. The van der Waals surface area contributed by atoms with Crippen LogP contribution in [-0.2, 0) is 4.79 Å². The predicted molar refractivity (Wildman–Crippen MR) is 146 cm³/mol. The number of hydrogen-bond acceptors (Lipinski definition) is 7. The van der Waals surface area contributed by atoms with E-state index in [-0.39, 0.29) is 5.91 Å². The Balaban J connectivity index is 1.53. The molecule has 4 aromatic rings. The van der Waals surface area contributed by atoms with E-state index in [0.29, 0.717) is 50.7 Å². The molecule has 0 unspecified atom stereocenters. The Morgan fingerprint density at radius 2 is 1.95 bits per heavy atom. The summed E-state index contributed by atoms with van der Waals surface area (Å²) in [6.45, 7) is 0.738. The van der Waals surface area contributed by atoms with Gasteiger partial charge in [0.15, 0.2) is 5.65 Å². The van der Waals surface area contributed by atoms with Crippen LogP contribution in [0.5, 0.6) is 5.75 Å². The highest BCUT2D eigenvalue weighted by Crippen LogP contribution is 2.34. The maximum Gasteiger partial charge on any atom is 0.250 e. The number of halogens is 1. The summed E-state index contributed by atoms with van der Waals surface area (Å²) in [5.41, 5.74) is 9.56. The van der Waals surface area contributed by atoms with E-state index in [9.17, 15) is 4.79 Å². The number of benzene rings is 2. The zero-order chi connectivity index (χ0) is 26.1. The molecule has 1 fully saturated rings. The summed E-state index contributed by atoms with van der Waals surface area (Å²) in [4.78, 5) is 25.4. The van der Waals surface area contributed by atoms with Crippen molar-refractivity contribution in [2.45, 2.75) is 18.9 Å². The molecule has 2 N–H and O–H groups in total. The number of carbonyl (C=O) groups is 1. The van der Waals surface area contributed by atoms with E-state index in [1.54, 1.807) is 48.0 Å². The average Bonchev–Trinajstić information content (AvgIpc) is 3.69. The van der Waals surface area contributed by atoms with Gasteiger partial charge in [-0.1, -0.05) is 29.8 Å². The molecule has 0 aliphatic heterocycles. The molecule has 0 atom stereocenters. The van der Waals surface area contributed by atoms with Crippen LogP contribution >= 0.6 is 11.6 Å². The minimum Gasteiger partial charge on any atom is -0.497 e. The van der Waals surface area contributed by atoms with Crippen LogP contribution < -0.4 is 15.4 Å². The van der Waals surface area contributed by atoms with Crippen LogP contribution in [0.15, 0.2) is 60.9 Å². The smallest absolute Gasteiger partial charge is 0.250 e. The second kappa shape index (κ2) is 10.2. The number of methoxy groups -OCH3 is 1. The molecule has 37 heavy (non-hydrogen) atoms. The van der Waals surface area contributed by atoms with Crippen LogP contribution in [0, 0.1) is 0 Å². The number of amides is 1. The summed E-state index contributed by atoms with van der Waals surface area (Å²) in [5, 5.41) is 6.09. The van der Waals surface area contributed by atoms with Crippen molar-refractivity contribution >= 4 is 40.0 Å². The quantitative estimate of drug-likeness (QED) is 0.347. The zero-order valence-corrected chi connectivity index (χ0v) is 21.7. The average molecular weight is 518 g/mol. The fourth-order valence-electron chi connectivity index (χ4n) is 4.19. The number of anilines is 2. The fourth-order valence-corrected chi connectivity index (χ4v) is 4.32.